The van der Waals surface area contributed by atoms with Crippen molar-refractivity contribution in [3.05, 3.63) is 69.0 Å². The van der Waals surface area contributed by atoms with Crippen molar-refractivity contribution in [2.75, 3.05) is 26.9 Å². The molecule has 0 bridgehead atoms. The zero-order valence-electron chi connectivity index (χ0n) is 17.6. The van der Waals surface area contributed by atoms with Crippen molar-refractivity contribution in [2.24, 2.45) is 0 Å². The maximum atomic E-state index is 13.5. The molecular formula is C21H22F4N2O6. The molecule has 0 amide bonds. The van der Waals surface area contributed by atoms with Gasteiger partial charge in [-0.3, -0.25) is 14.9 Å². The molecule has 0 atom stereocenters. The molecule has 0 radical (unpaired) electrons. The quantitative estimate of drug-likeness (QED) is 0.163. The number of carbonyl (C=O) groups is 1. The Hall–Kier alpha value is -3.25. The summed E-state index contributed by atoms with van der Waals surface area (Å²) in [4.78, 5) is 21.5. The second-order valence-electron chi connectivity index (χ2n) is 6.77. The average Bonchev–Trinajstić information content (AvgIpc) is 2.77. The fourth-order valence-corrected chi connectivity index (χ4v) is 2.73. The van der Waals surface area contributed by atoms with E-state index in [9.17, 15) is 32.5 Å². The van der Waals surface area contributed by atoms with Gasteiger partial charge in [-0.15, -0.1) is 0 Å². The lowest BCUT2D eigenvalue weighted by Gasteiger charge is -2.14. The number of hydrogen-bond donors (Lipinski definition) is 1. The molecule has 0 aromatic heterocycles. The number of carbonyl (C=O) groups excluding carboxylic acids is 1. The van der Waals surface area contributed by atoms with Crippen LogP contribution in [0.5, 0.6) is 5.75 Å². The van der Waals surface area contributed by atoms with Gasteiger partial charge < -0.3 is 19.5 Å². The minimum atomic E-state index is -4.85. The molecule has 0 saturated carbocycles. The van der Waals surface area contributed by atoms with Gasteiger partial charge in [-0.1, -0.05) is 6.07 Å². The summed E-state index contributed by atoms with van der Waals surface area (Å²) in [5, 5.41) is 14.1. The highest BCUT2D eigenvalue weighted by Crippen LogP contribution is 2.32. The Balaban J connectivity index is 1.99. The molecule has 12 heteroatoms. The summed E-state index contributed by atoms with van der Waals surface area (Å²) in [5.74, 6) is -1.57. The second kappa shape index (κ2) is 12.1. The van der Waals surface area contributed by atoms with E-state index in [1.54, 1.807) is 0 Å². The van der Waals surface area contributed by atoms with Gasteiger partial charge in [0.25, 0.3) is 5.69 Å². The van der Waals surface area contributed by atoms with Crippen molar-refractivity contribution >= 4 is 11.7 Å². The molecule has 33 heavy (non-hydrogen) atoms. The Morgan fingerprint density at radius 2 is 1.91 bits per heavy atom. The van der Waals surface area contributed by atoms with Crippen LogP contribution < -0.4 is 10.1 Å². The third-order valence-electron chi connectivity index (χ3n) is 4.40. The molecular weight excluding hydrogens is 452 g/mol. The predicted octanol–water partition coefficient (Wildman–Crippen LogP) is 4.00. The smallest absolute Gasteiger partial charge is 0.419 e. The van der Waals surface area contributed by atoms with Crippen LogP contribution >= 0.6 is 0 Å². The first-order valence-electron chi connectivity index (χ1n) is 9.73. The number of nitro groups is 1. The zero-order valence-corrected chi connectivity index (χ0v) is 17.6. The molecule has 0 aliphatic heterocycles. The number of esters is 1. The summed E-state index contributed by atoms with van der Waals surface area (Å²) in [5.41, 5.74) is -1.10. The first-order valence-corrected chi connectivity index (χ1v) is 9.73. The first-order chi connectivity index (χ1) is 15.6. The van der Waals surface area contributed by atoms with Gasteiger partial charge in [0, 0.05) is 30.8 Å². The van der Waals surface area contributed by atoms with Gasteiger partial charge >= 0.3 is 12.1 Å². The summed E-state index contributed by atoms with van der Waals surface area (Å²) in [6.07, 6.45) is -4.74. The highest BCUT2D eigenvalue weighted by atomic mass is 19.4. The van der Waals surface area contributed by atoms with Crippen LogP contribution in [0.4, 0.5) is 23.2 Å². The normalized spacial score (nSPS) is 11.3. The number of nitrogens with one attached hydrogen (secondary N) is 1. The molecule has 0 heterocycles. The largest absolute Gasteiger partial charge is 0.489 e. The molecule has 0 saturated heterocycles. The Morgan fingerprint density at radius 1 is 1.15 bits per heavy atom. The van der Waals surface area contributed by atoms with Gasteiger partial charge in [0.15, 0.2) is 0 Å². The van der Waals surface area contributed by atoms with Crippen LogP contribution in [0.2, 0.25) is 0 Å². The van der Waals surface area contributed by atoms with E-state index in [1.807, 2.05) is 0 Å². The van der Waals surface area contributed by atoms with Crippen LogP contribution in [0, 0.1) is 15.9 Å². The molecule has 0 spiro atoms. The Bertz CT molecular complexity index is 968. The minimum absolute atomic E-state index is 0.0833. The standard InChI is InChI=1S/C21H22F4N2O6/c1-31-20(28)6-8-32-9-7-26-12-15-11-16(27(29)30)3-5-19(15)33-13-14-2-4-18(22)17(10-14)21(23,24)25/h2-5,10-11,26H,6-9,12-13H2,1H3. The van der Waals surface area contributed by atoms with Crippen molar-refractivity contribution < 1.29 is 41.5 Å². The van der Waals surface area contributed by atoms with E-state index in [0.717, 1.165) is 0 Å². The minimum Gasteiger partial charge on any atom is -0.489 e. The number of alkyl halides is 3. The number of ether oxygens (including phenoxy) is 3. The number of non-ortho nitro benzene ring substituents is 1. The van der Waals surface area contributed by atoms with Gasteiger partial charge in [-0.2, -0.15) is 13.2 Å². The monoisotopic (exact) mass is 474 g/mol. The molecule has 8 nitrogen and oxygen atoms in total. The maximum absolute atomic E-state index is 13.5. The van der Waals surface area contributed by atoms with Crippen molar-refractivity contribution in [1.82, 2.24) is 5.32 Å². The van der Waals surface area contributed by atoms with Crippen LogP contribution in [0.15, 0.2) is 36.4 Å². The Labute approximate surface area is 186 Å². The highest BCUT2D eigenvalue weighted by molar-refractivity contribution is 5.69. The van der Waals surface area contributed by atoms with Crippen molar-refractivity contribution in [2.45, 2.75) is 25.7 Å². The molecule has 0 aliphatic rings. The second-order valence-corrected chi connectivity index (χ2v) is 6.77. The van der Waals surface area contributed by atoms with Crippen molar-refractivity contribution in [3.8, 4) is 5.75 Å². The highest BCUT2D eigenvalue weighted by Gasteiger charge is 2.34. The Morgan fingerprint density at radius 3 is 2.58 bits per heavy atom. The van der Waals surface area contributed by atoms with E-state index < -0.39 is 28.4 Å². The SMILES string of the molecule is COC(=O)CCOCCNCc1cc([N+](=O)[O-])ccc1OCc1ccc(F)c(C(F)(F)F)c1. The van der Waals surface area contributed by atoms with Crippen LogP contribution in [0.25, 0.3) is 0 Å². The number of nitro benzene ring substituents is 1. The Kier molecular flexibility index (Phi) is 9.55. The number of methoxy groups -OCH3 is 1. The van der Waals surface area contributed by atoms with Crippen LogP contribution in [0.1, 0.15) is 23.1 Å². The molecule has 180 valence electrons. The van der Waals surface area contributed by atoms with Crippen LogP contribution in [-0.2, 0) is 33.6 Å². The van der Waals surface area contributed by atoms with Gasteiger partial charge in [-0.05, 0) is 23.8 Å². The lowest BCUT2D eigenvalue weighted by Crippen LogP contribution is -2.20. The van der Waals surface area contributed by atoms with Crippen molar-refractivity contribution in [3.63, 3.8) is 0 Å². The number of hydrogen-bond acceptors (Lipinski definition) is 7. The molecule has 2 rings (SSSR count). The summed E-state index contributed by atoms with van der Waals surface area (Å²) in [6, 6.07) is 6.37. The molecule has 1 N–H and O–H groups in total. The van der Waals surface area contributed by atoms with Crippen LogP contribution in [0.3, 0.4) is 0 Å². The maximum Gasteiger partial charge on any atom is 0.419 e. The first kappa shape index (κ1) is 26.0. The van der Waals surface area contributed by atoms with Gasteiger partial charge in [0.1, 0.15) is 18.2 Å². The lowest BCUT2D eigenvalue weighted by molar-refractivity contribution is -0.384. The summed E-state index contributed by atoms with van der Waals surface area (Å²) in [6.45, 7) is 0.643. The summed E-state index contributed by atoms with van der Waals surface area (Å²) < 4.78 is 67.5. The van der Waals surface area contributed by atoms with E-state index in [2.05, 4.69) is 10.1 Å². The van der Waals surface area contributed by atoms with Gasteiger partial charge in [0.05, 0.1) is 37.2 Å². The zero-order chi connectivity index (χ0) is 24.4. The predicted molar refractivity (Wildman–Crippen MR) is 108 cm³/mol. The molecule has 0 unspecified atom stereocenters. The number of rotatable bonds is 12. The molecule has 0 aliphatic carbocycles. The third-order valence-corrected chi connectivity index (χ3v) is 4.40. The van der Waals surface area contributed by atoms with E-state index in [1.165, 1.54) is 31.4 Å². The van der Waals surface area contributed by atoms with E-state index >= 15 is 0 Å². The summed E-state index contributed by atoms with van der Waals surface area (Å²) >= 11 is 0. The fraction of sp³-hybridized carbons (Fsp3) is 0.381. The number of benzene rings is 2. The molecule has 0 fully saturated rings. The van der Waals surface area contributed by atoms with Crippen LogP contribution in [-0.4, -0.2) is 37.8 Å². The number of halogens is 4. The van der Waals surface area contributed by atoms with Gasteiger partial charge in [0.2, 0.25) is 0 Å². The molecule has 2 aromatic carbocycles. The fourth-order valence-electron chi connectivity index (χ4n) is 2.73. The topological polar surface area (TPSA) is 99.9 Å². The van der Waals surface area contributed by atoms with E-state index in [0.29, 0.717) is 24.2 Å². The summed E-state index contributed by atoms with van der Waals surface area (Å²) in [7, 11) is 1.27. The third kappa shape index (κ3) is 8.31. The van der Waals surface area contributed by atoms with Gasteiger partial charge in [-0.25, -0.2) is 4.39 Å². The average molecular weight is 474 g/mol. The molecule has 2 aromatic rings. The number of nitrogens with zero attached hydrogens (tertiary/aromatic N) is 1. The van der Waals surface area contributed by atoms with E-state index in [4.69, 9.17) is 9.47 Å². The van der Waals surface area contributed by atoms with Crippen molar-refractivity contribution in [1.29, 1.82) is 0 Å². The lowest BCUT2D eigenvalue weighted by atomic mass is 10.1. The van der Waals surface area contributed by atoms with E-state index in [-0.39, 0.29) is 49.8 Å².